The van der Waals surface area contributed by atoms with Gasteiger partial charge >= 0.3 is 0 Å². The normalized spacial score (nSPS) is 10.5. The molecule has 4 nitrogen and oxygen atoms in total. The molecule has 0 N–H and O–H groups in total. The maximum Gasteiger partial charge on any atom is 0.158 e. The van der Waals surface area contributed by atoms with Gasteiger partial charge in [0.2, 0.25) is 0 Å². The lowest BCUT2D eigenvalue weighted by molar-refractivity contribution is 1.07. The van der Waals surface area contributed by atoms with E-state index in [0.717, 1.165) is 0 Å². The zero-order chi connectivity index (χ0) is 8.55. The van der Waals surface area contributed by atoms with E-state index in [1.54, 1.807) is 13.1 Å². The summed E-state index contributed by atoms with van der Waals surface area (Å²) in [6, 6.07) is 0. The summed E-state index contributed by atoms with van der Waals surface area (Å²) in [4.78, 5) is 15.9. The molecule has 0 fully saturated rings. The molecule has 0 bridgehead atoms. The number of nitrogens with zero attached hydrogens (tertiary/aromatic N) is 4. The number of hydrogen-bond acceptors (Lipinski definition) is 4. The van der Waals surface area contributed by atoms with Crippen molar-refractivity contribution in [2.45, 2.75) is 6.92 Å². The Balaban J connectivity index is 2.88. The van der Waals surface area contributed by atoms with Crippen LogP contribution in [0.3, 0.4) is 0 Å². The van der Waals surface area contributed by atoms with Gasteiger partial charge in [0.05, 0.1) is 6.20 Å². The van der Waals surface area contributed by atoms with Gasteiger partial charge in [0, 0.05) is 0 Å². The fraction of sp³-hybridized carbons (Fsp3) is 0.143. The third-order valence-corrected chi connectivity index (χ3v) is 1.73. The van der Waals surface area contributed by atoms with Crippen LogP contribution in [0.5, 0.6) is 0 Å². The van der Waals surface area contributed by atoms with Gasteiger partial charge in [-0.05, 0) is 6.92 Å². The first kappa shape index (κ1) is 7.36. The first-order valence-corrected chi connectivity index (χ1v) is 3.75. The Morgan fingerprint density at radius 3 is 2.92 bits per heavy atom. The highest BCUT2D eigenvalue weighted by Crippen LogP contribution is 2.14. The highest BCUT2D eigenvalue weighted by atomic mass is 35.5. The summed E-state index contributed by atoms with van der Waals surface area (Å²) in [6.07, 6.45) is 3.02. The molecule has 0 aliphatic heterocycles. The highest BCUT2D eigenvalue weighted by Gasteiger charge is 2.02. The molecular weight excluding hydrogens is 176 g/mol. The zero-order valence-corrected chi connectivity index (χ0v) is 7.08. The van der Waals surface area contributed by atoms with Crippen LogP contribution < -0.4 is 0 Å². The van der Waals surface area contributed by atoms with Gasteiger partial charge in [-0.15, -0.1) is 0 Å². The monoisotopic (exact) mass is 180 g/mol. The van der Waals surface area contributed by atoms with Crippen molar-refractivity contribution < 1.29 is 0 Å². The first-order chi connectivity index (χ1) is 5.77. The van der Waals surface area contributed by atoms with Crippen LogP contribution in [-0.4, -0.2) is 19.9 Å². The molecule has 2 rings (SSSR count). The standard InChI is InChI=1S/C7H5ClN4/c1-4-9-2-5-6(12-4)7(8)11-3-10-5/h2-3H,1H3. The van der Waals surface area contributed by atoms with E-state index in [1.165, 1.54) is 6.33 Å². The Kier molecular flexibility index (Phi) is 1.62. The molecule has 0 aliphatic rings. The second-order valence-electron chi connectivity index (χ2n) is 2.32. The van der Waals surface area contributed by atoms with Crippen LogP contribution in [-0.2, 0) is 0 Å². The lowest BCUT2D eigenvalue weighted by Gasteiger charge is -1.96. The largest absolute Gasteiger partial charge is 0.239 e. The Morgan fingerprint density at radius 2 is 2.08 bits per heavy atom. The second kappa shape index (κ2) is 2.64. The third kappa shape index (κ3) is 1.10. The summed E-state index contributed by atoms with van der Waals surface area (Å²) in [7, 11) is 0. The van der Waals surface area contributed by atoms with Crippen LogP contribution in [0.1, 0.15) is 5.82 Å². The Bertz CT molecular complexity index is 429. The average molecular weight is 181 g/mol. The van der Waals surface area contributed by atoms with E-state index in [9.17, 15) is 0 Å². The molecule has 0 aliphatic carbocycles. The van der Waals surface area contributed by atoms with Crippen molar-refractivity contribution in [1.29, 1.82) is 0 Å². The minimum absolute atomic E-state index is 0.366. The molecule has 60 valence electrons. The molecule has 0 saturated carbocycles. The summed E-state index contributed by atoms with van der Waals surface area (Å²) >= 11 is 5.79. The van der Waals surface area contributed by atoms with Gasteiger partial charge < -0.3 is 0 Å². The maximum atomic E-state index is 5.79. The van der Waals surface area contributed by atoms with Crippen molar-refractivity contribution in [2.24, 2.45) is 0 Å². The molecule has 2 heterocycles. The fourth-order valence-electron chi connectivity index (χ4n) is 0.913. The van der Waals surface area contributed by atoms with Crippen molar-refractivity contribution in [1.82, 2.24) is 19.9 Å². The molecule has 2 aromatic rings. The van der Waals surface area contributed by atoms with Gasteiger partial charge in [0.1, 0.15) is 23.2 Å². The van der Waals surface area contributed by atoms with Gasteiger partial charge in [-0.25, -0.2) is 19.9 Å². The average Bonchev–Trinajstić information content (AvgIpc) is 2.07. The van der Waals surface area contributed by atoms with Crippen molar-refractivity contribution >= 4 is 22.6 Å². The predicted molar refractivity (Wildman–Crippen MR) is 44.9 cm³/mol. The van der Waals surface area contributed by atoms with Crippen molar-refractivity contribution in [3.63, 3.8) is 0 Å². The van der Waals surface area contributed by atoms with Crippen molar-refractivity contribution in [2.75, 3.05) is 0 Å². The minimum Gasteiger partial charge on any atom is -0.239 e. The van der Waals surface area contributed by atoms with Crippen LogP contribution >= 0.6 is 11.6 Å². The number of halogens is 1. The quantitative estimate of drug-likeness (QED) is 0.575. The molecule has 0 amide bonds. The Labute approximate surface area is 73.7 Å². The van der Waals surface area contributed by atoms with Crippen LogP contribution in [0.4, 0.5) is 0 Å². The van der Waals surface area contributed by atoms with Crippen LogP contribution in [0.2, 0.25) is 5.15 Å². The molecule has 0 unspecified atom stereocenters. The van der Waals surface area contributed by atoms with E-state index in [4.69, 9.17) is 11.6 Å². The predicted octanol–water partition coefficient (Wildman–Crippen LogP) is 1.38. The number of hydrogen-bond donors (Lipinski definition) is 0. The SMILES string of the molecule is Cc1ncc2ncnc(Cl)c2n1. The molecule has 0 saturated heterocycles. The summed E-state index contributed by atoms with van der Waals surface area (Å²) < 4.78 is 0. The van der Waals surface area contributed by atoms with Gasteiger partial charge in [0.25, 0.3) is 0 Å². The lowest BCUT2D eigenvalue weighted by atomic mass is 10.4. The topological polar surface area (TPSA) is 51.6 Å². The van der Waals surface area contributed by atoms with Gasteiger partial charge in [-0.3, -0.25) is 0 Å². The number of aromatic nitrogens is 4. The highest BCUT2D eigenvalue weighted by molar-refractivity contribution is 6.33. The molecule has 0 radical (unpaired) electrons. The summed E-state index contributed by atoms with van der Waals surface area (Å²) in [6.45, 7) is 1.79. The van der Waals surface area contributed by atoms with Crippen molar-refractivity contribution in [3.8, 4) is 0 Å². The molecule has 12 heavy (non-hydrogen) atoms. The van der Waals surface area contributed by atoms with Crippen molar-refractivity contribution in [3.05, 3.63) is 23.5 Å². The van der Waals surface area contributed by atoms with E-state index < -0.39 is 0 Å². The van der Waals surface area contributed by atoms with E-state index in [0.29, 0.717) is 22.0 Å². The Hall–Kier alpha value is -1.29. The summed E-state index contributed by atoms with van der Waals surface area (Å²) in [5.41, 5.74) is 1.27. The molecule has 2 aromatic heterocycles. The lowest BCUT2D eigenvalue weighted by Crippen LogP contribution is -1.91. The number of fused-ring (bicyclic) bond motifs is 1. The number of aryl methyl sites for hydroxylation is 1. The summed E-state index contributed by atoms with van der Waals surface area (Å²) in [5.74, 6) is 0.666. The Morgan fingerprint density at radius 1 is 1.25 bits per heavy atom. The minimum atomic E-state index is 0.366. The fourth-order valence-corrected chi connectivity index (χ4v) is 1.10. The maximum absolute atomic E-state index is 5.79. The number of rotatable bonds is 0. The van der Waals surface area contributed by atoms with E-state index in [1.807, 2.05) is 0 Å². The van der Waals surface area contributed by atoms with Crippen LogP contribution in [0.25, 0.3) is 11.0 Å². The smallest absolute Gasteiger partial charge is 0.158 e. The first-order valence-electron chi connectivity index (χ1n) is 3.37. The molecular formula is C7H5ClN4. The van der Waals surface area contributed by atoms with E-state index in [2.05, 4.69) is 19.9 Å². The van der Waals surface area contributed by atoms with Gasteiger partial charge in [0.15, 0.2) is 5.15 Å². The molecule has 5 heteroatoms. The van der Waals surface area contributed by atoms with Crippen LogP contribution in [0.15, 0.2) is 12.5 Å². The van der Waals surface area contributed by atoms with Crippen LogP contribution in [0, 0.1) is 6.92 Å². The zero-order valence-electron chi connectivity index (χ0n) is 6.32. The molecule has 0 aromatic carbocycles. The van der Waals surface area contributed by atoms with E-state index >= 15 is 0 Å². The van der Waals surface area contributed by atoms with Gasteiger partial charge in [-0.2, -0.15) is 0 Å². The molecule has 0 atom stereocenters. The van der Waals surface area contributed by atoms with E-state index in [-0.39, 0.29) is 0 Å². The third-order valence-electron chi connectivity index (χ3n) is 1.45. The second-order valence-corrected chi connectivity index (χ2v) is 2.67. The molecule has 0 spiro atoms. The summed E-state index contributed by atoms with van der Waals surface area (Å²) in [5, 5.41) is 0.366. The van der Waals surface area contributed by atoms with Gasteiger partial charge in [-0.1, -0.05) is 11.6 Å².